The van der Waals surface area contributed by atoms with Crippen LogP contribution in [0.2, 0.25) is 0 Å². The number of hydrogen-bond acceptors (Lipinski definition) is 4. The molecule has 4 heteroatoms. The molecule has 4 nitrogen and oxygen atoms in total. The molecule has 0 aliphatic rings. The summed E-state index contributed by atoms with van der Waals surface area (Å²) in [5.41, 5.74) is 1.43. The third-order valence-corrected chi connectivity index (χ3v) is 1.04. The maximum Gasteiger partial charge on any atom is 0.150 e. The van der Waals surface area contributed by atoms with E-state index in [1.165, 1.54) is 12.6 Å². The van der Waals surface area contributed by atoms with Crippen LogP contribution in [0.5, 0.6) is 0 Å². The zero-order valence-electron chi connectivity index (χ0n) is 4.48. The van der Waals surface area contributed by atoms with Crippen LogP contribution in [-0.4, -0.2) is 15.1 Å². The van der Waals surface area contributed by atoms with Crippen LogP contribution in [-0.2, 0) is 0 Å². The van der Waals surface area contributed by atoms with Crippen LogP contribution in [0.15, 0.2) is 23.3 Å². The summed E-state index contributed by atoms with van der Waals surface area (Å²) in [4.78, 5) is 7.63. The maximum absolute atomic E-state index is 4.61. The monoisotopic (exact) mass is 121 g/mol. The van der Waals surface area contributed by atoms with Crippen LogP contribution in [0, 0.1) is 0 Å². The molecule has 44 valence electrons. The van der Waals surface area contributed by atoms with Crippen LogP contribution in [0.4, 0.5) is 0 Å². The van der Waals surface area contributed by atoms with Crippen molar-refractivity contribution in [2.45, 2.75) is 0 Å². The van der Waals surface area contributed by atoms with E-state index < -0.39 is 0 Å². The van der Waals surface area contributed by atoms with Gasteiger partial charge in [-0.25, -0.2) is 9.97 Å². The summed E-state index contributed by atoms with van der Waals surface area (Å²) in [5, 5.41) is 3.62. The van der Waals surface area contributed by atoms with Crippen LogP contribution >= 0.6 is 0 Å². The van der Waals surface area contributed by atoms with Crippen LogP contribution < -0.4 is 0 Å². The molecule has 0 spiro atoms. The number of aromatic nitrogens is 3. The zero-order valence-corrected chi connectivity index (χ0v) is 4.48. The second kappa shape index (κ2) is 1.51. The first-order valence-electron chi connectivity index (χ1n) is 2.47. The molecule has 0 aliphatic carbocycles. The Balaban J connectivity index is 2.95. The zero-order chi connectivity index (χ0) is 6.10. The van der Waals surface area contributed by atoms with Gasteiger partial charge in [0.15, 0.2) is 5.52 Å². The fourth-order valence-electron chi connectivity index (χ4n) is 0.626. The molecule has 2 rings (SSSR count). The summed E-state index contributed by atoms with van der Waals surface area (Å²) in [7, 11) is 0. The second-order valence-electron chi connectivity index (χ2n) is 1.61. The first-order chi connectivity index (χ1) is 4.47. The number of fused-ring (bicyclic) bond motifs is 1. The van der Waals surface area contributed by atoms with E-state index in [-0.39, 0.29) is 0 Å². The molecule has 0 fully saturated rings. The minimum atomic E-state index is 0.692. The van der Waals surface area contributed by atoms with Crippen LogP contribution in [0.25, 0.3) is 11.0 Å². The molecule has 0 N–H and O–H groups in total. The summed E-state index contributed by atoms with van der Waals surface area (Å²) < 4.78 is 4.61. The molecule has 0 radical (unpaired) electrons. The summed E-state index contributed by atoms with van der Waals surface area (Å²) in [6.45, 7) is 0. The summed E-state index contributed by atoms with van der Waals surface area (Å²) in [6.07, 6.45) is 4.54. The van der Waals surface area contributed by atoms with E-state index in [0.717, 1.165) is 5.52 Å². The van der Waals surface area contributed by atoms with E-state index in [1.807, 2.05) is 0 Å². The predicted molar refractivity (Wildman–Crippen MR) is 29.6 cm³/mol. The van der Waals surface area contributed by atoms with Gasteiger partial charge in [-0.3, -0.25) is 0 Å². The normalized spacial score (nSPS) is 10.2. The average Bonchev–Trinajstić information content (AvgIpc) is 2.33. The number of hydrogen-bond donors (Lipinski definition) is 0. The van der Waals surface area contributed by atoms with Gasteiger partial charge in [0.05, 0.1) is 6.20 Å². The molecule has 0 aromatic carbocycles. The SMILES string of the molecule is c1ncc2nocc2n1. The molecular weight excluding hydrogens is 118 g/mol. The second-order valence-corrected chi connectivity index (χ2v) is 1.61. The molecule has 0 unspecified atom stereocenters. The van der Waals surface area contributed by atoms with Crippen molar-refractivity contribution < 1.29 is 4.52 Å². The Morgan fingerprint density at radius 3 is 3.22 bits per heavy atom. The van der Waals surface area contributed by atoms with Gasteiger partial charge in [0, 0.05) is 0 Å². The molecule has 9 heavy (non-hydrogen) atoms. The molecule has 2 aromatic rings. The van der Waals surface area contributed by atoms with Crippen molar-refractivity contribution in [1.82, 2.24) is 15.1 Å². The quantitative estimate of drug-likeness (QED) is 0.512. The highest BCUT2D eigenvalue weighted by atomic mass is 16.5. The Kier molecular flexibility index (Phi) is 0.745. The fraction of sp³-hybridized carbons (Fsp3) is 0. The lowest BCUT2D eigenvalue weighted by Gasteiger charge is -1.77. The van der Waals surface area contributed by atoms with E-state index in [4.69, 9.17) is 0 Å². The van der Waals surface area contributed by atoms with E-state index in [2.05, 4.69) is 19.6 Å². The van der Waals surface area contributed by atoms with E-state index in [1.54, 1.807) is 6.20 Å². The van der Waals surface area contributed by atoms with Crippen LogP contribution in [0.1, 0.15) is 0 Å². The van der Waals surface area contributed by atoms with Gasteiger partial charge in [-0.2, -0.15) is 0 Å². The number of rotatable bonds is 0. The Hall–Kier alpha value is -1.45. The minimum absolute atomic E-state index is 0.692. The van der Waals surface area contributed by atoms with Crippen molar-refractivity contribution in [3.63, 3.8) is 0 Å². The van der Waals surface area contributed by atoms with E-state index in [0.29, 0.717) is 5.52 Å². The Bertz CT molecular complexity index is 286. The summed E-state index contributed by atoms with van der Waals surface area (Å²) >= 11 is 0. The molecule has 0 amide bonds. The van der Waals surface area contributed by atoms with Crippen molar-refractivity contribution in [2.24, 2.45) is 0 Å². The molecule has 0 saturated carbocycles. The third kappa shape index (κ3) is 0.561. The van der Waals surface area contributed by atoms with Crippen molar-refractivity contribution >= 4 is 11.0 Å². The van der Waals surface area contributed by atoms with Gasteiger partial charge in [0.25, 0.3) is 0 Å². The molecular formula is C5H3N3O. The predicted octanol–water partition coefficient (Wildman–Crippen LogP) is 0.618. The fourth-order valence-corrected chi connectivity index (χ4v) is 0.626. The average molecular weight is 121 g/mol. The van der Waals surface area contributed by atoms with Crippen molar-refractivity contribution in [2.75, 3.05) is 0 Å². The van der Waals surface area contributed by atoms with Gasteiger partial charge in [-0.05, 0) is 0 Å². The molecule has 0 aliphatic heterocycles. The lowest BCUT2D eigenvalue weighted by atomic mass is 10.5. The maximum atomic E-state index is 4.61. The van der Waals surface area contributed by atoms with Gasteiger partial charge in [-0.1, -0.05) is 5.16 Å². The van der Waals surface area contributed by atoms with Gasteiger partial charge in [0.2, 0.25) is 0 Å². The Morgan fingerprint density at radius 2 is 2.33 bits per heavy atom. The van der Waals surface area contributed by atoms with Gasteiger partial charge < -0.3 is 4.52 Å². The van der Waals surface area contributed by atoms with Gasteiger partial charge >= 0.3 is 0 Å². The highest BCUT2D eigenvalue weighted by molar-refractivity contribution is 5.70. The first kappa shape index (κ1) is 4.43. The lowest BCUT2D eigenvalue weighted by Crippen LogP contribution is -1.74. The van der Waals surface area contributed by atoms with Crippen LogP contribution in [0.3, 0.4) is 0 Å². The van der Waals surface area contributed by atoms with Crippen molar-refractivity contribution in [3.05, 3.63) is 18.8 Å². The van der Waals surface area contributed by atoms with Crippen molar-refractivity contribution in [3.8, 4) is 0 Å². The molecule has 0 saturated heterocycles. The largest absolute Gasteiger partial charge is 0.362 e. The highest BCUT2D eigenvalue weighted by Crippen LogP contribution is 2.03. The highest BCUT2D eigenvalue weighted by Gasteiger charge is 1.94. The van der Waals surface area contributed by atoms with Crippen molar-refractivity contribution in [1.29, 1.82) is 0 Å². The third-order valence-electron chi connectivity index (χ3n) is 1.04. The van der Waals surface area contributed by atoms with Gasteiger partial charge in [0.1, 0.15) is 18.1 Å². The first-order valence-corrected chi connectivity index (χ1v) is 2.47. The smallest absolute Gasteiger partial charge is 0.150 e. The molecule has 0 bridgehead atoms. The lowest BCUT2D eigenvalue weighted by molar-refractivity contribution is 0.428. The summed E-state index contributed by atoms with van der Waals surface area (Å²) in [5.74, 6) is 0. The topological polar surface area (TPSA) is 51.8 Å². The molecule has 2 aromatic heterocycles. The summed E-state index contributed by atoms with van der Waals surface area (Å²) in [6, 6.07) is 0. The Labute approximate surface area is 50.5 Å². The Morgan fingerprint density at radius 1 is 1.33 bits per heavy atom. The van der Waals surface area contributed by atoms with Gasteiger partial charge in [-0.15, -0.1) is 0 Å². The van der Waals surface area contributed by atoms with E-state index >= 15 is 0 Å². The molecule has 2 heterocycles. The minimum Gasteiger partial charge on any atom is -0.362 e. The van der Waals surface area contributed by atoms with E-state index in [9.17, 15) is 0 Å². The standard InChI is InChI=1S/C5H3N3O/c1-4-5(2-9-8-4)7-3-6-1/h1-3H. The molecule has 0 atom stereocenters. The number of nitrogens with zero attached hydrogens (tertiary/aromatic N) is 3.